The molecule has 0 aromatic rings. The van der Waals surface area contributed by atoms with Crippen molar-refractivity contribution in [2.45, 2.75) is 0 Å². The van der Waals surface area contributed by atoms with Gasteiger partial charge in [-0.05, 0) is 7.05 Å². The second-order valence-electron chi connectivity index (χ2n) is 1.91. The third-order valence-corrected chi connectivity index (χ3v) is 1.91. The van der Waals surface area contributed by atoms with Crippen molar-refractivity contribution in [1.29, 1.82) is 0 Å². The lowest BCUT2D eigenvalue weighted by atomic mass is 10.7. The average Bonchev–Trinajstić information content (AvgIpc) is 1.87. The molecular formula is C4H9IN2. The summed E-state index contributed by atoms with van der Waals surface area (Å²) in [5.74, 6) is 0. The van der Waals surface area contributed by atoms with Gasteiger partial charge in [0.15, 0.2) is 0 Å². The van der Waals surface area contributed by atoms with Gasteiger partial charge in [-0.2, -0.15) is 0 Å². The van der Waals surface area contributed by atoms with Crippen molar-refractivity contribution >= 4 is 22.9 Å². The lowest BCUT2D eigenvalue weighted by Gasteiger charge is -2.04. The van der Waals surface area contributed by atoms with E-state index >= 15 is 0 Å². The van der Waals surface area contributed by atoms with E-state index in [1.807, 2.05) is 0 Å². The molecule has 0 aromatic heterocycles. The summed E-state index contributed by atoms with van der Waals surface area (Å²) in [5, 5.41) is 0. The molecule has 1 heterocycles. The summed E-state index contributed by atoms with van der Waals surface area (Å²) in [7, 11) is 2.14. The molecule has 1 rings (SSSR count). The monoisotopic (exact) mass is 212 g/mol. The van der Waals surface area contributed by atoms with E-state index in [-0.39, 0.29) is 0 Å². The van der Waals surface area contributed by atoms with E-state index in [1.54, 1.807) is 0 Å². The summed E-state index contributed by atoms with van der Waals surface area (Å²) in [6.45, 7) is 3.57. The molecule has 0 unspecified atom stereocenters. The number of nitrogens with zero attached hydrogens (tertiary/aromatic N) is 2. The first kappa shape index (κ1) is 5.78. The van der Waals surface area contributed by atoms with Crippen LogP contribution in [0.3, 0.4) is 0 Å². The van der Waals surface area contributed by atoms with Gasteiger partial charge in [0.1, 0.15) is 0 Å². The fourth-order valence-electron chi connectivity index (χ4n) is 0.683. The molecule has 0 aromatic carbocycles. The van der Waals surface area contributed by atoms with E-state index in [0.29, 0.717) is 0 Å². The van der Waals surface area contributed by atoms with Gasteiger partial charge in [-0.15, -0.1) is 0 Å². The van der Waals surface area contributed by atoms with Gasteiger partial charge in [0, 0.05) is 36.0 Å². The van der Waals surface area contributed by atoms with Gasteiger partial charge in [-0.3, -0.25) is 4.90 Å². The molecular weight excluding hydrogens is 203 g/mol. The van der Waals surface area contributed by atoms with Crippen molar-refractivity contribution in [3.05, 3.63) is 0 Å². The van der Waals surface area contributed by atoms with Gasteiger partial charge in [0.2, 0.25) is 0 Å². The molecule has 0 aliphatic carbocycles. The van der Waals surface area contributed by atoms with Crippen molar-refractivity contribution in [2.24, 2.45) is 0 Å². The van der Waals surface area contributed by atoms with Crippen LogP contribution in [0.25, 0.3) is 0 Å². The van der Waals surface area contributed by atoms with Crippen LogP contribution in [-0.2, 0) is 0 Å². The van der Waals surface area contributed by atoms with E-state index in [1.165, 1.54) is 13.1 Å². The maximum absolute atomic E-state index is 2.34. The number of hydrogen-bond donors (Lipinski definition) is 0. The normalized spacial score (nSPS) is 26.6. The lowest BCUT2D eigenvalue weighted by Crippen LogP contribution is -2.14. The maximum atomic E-state index is 2.34. The number of hydrogen-bond acceptors (Lipinski definition) is 2. The topological polar surface area (TPSA) is 6.48 Å². The van der Waals surface area contributed by atoms with Crippen molar-refractivity contribution in [1.82, 2.24) is 8.01 Å². The lowest BCUT2D eigenvalue weighted by molar-refractivity contribution is 0.386. The molecule has 1 saturated heterocycles. The average molecular weight is 212 g/mol. The van der Waals surface area contributed by atoms with E-state index in [9.17, 15) is 0 Å². The molecule has 2 nitrogen and oxygen atoms in total. The predicted octanol–water partition coefficient (Wildman–Crippen LogP) is 0.541. The maximum Gasteiger partial charge on any atom is 0.0597 e. The van der Waals surface area contributed by atoms with Crippen LogP contribution in [0.5, 0.6) is 0 Å². The zero-order valence-electron chi connectivity index (χ0n) is 4.39. The van der Waals surface area contributed by atoms with Crippen LogP contribution in [0.4, 0.5) is 0 Å². The van der Waals surface area contributed by atoms with Gasteiger partial charge in [-0.1, -0.05) is 0 Å². The fourth-order valence-corrected chi connectivity index (χ4v) is 1.42. The number of rotatable bonds is 0. The summed E-state index contributed by atoms with van der Waals surface area (Å²) in [5.41, 5.74) is 0. The Labute approximate surface area is 58.0 Å². The molecule has 0 amide bonds. The first-order valence-electron chi connectivity index (χ1n) is 2.38. The highest BCUT2D eigenvalue weighted by molar-refractivity contribution is 14.1. The Bertz CT molecular complexity index is 58.7. The molecule has 0 radical (unpaired) electrons. The van der Waals surface area contributed by atoms with E-state index in [2.05, 4.69) is 37.9 Å². The molecule has 42 valence electrons. The zero-order valence-corrected chi connectivity index (χ0v) is 6.55. The summed E-state index contributed by atoms with van der Waals surface area (Å²) < 4.78 is 2.28. The highest BCUT2D eigenvalue weighted by atomic mass is 127. The number of likely N-dealkylation sites (N-methyl/N-ethyl adjacent to an activating group) is 1. The molecule has 0 N–H and O–H groups in total. The summed E-state index contributed by atoms with van der Waals surface area (Å²) >= 11 is 2.34. The molecule has 0 atom stereocenters. The Morgan fingerprint density at radius 2 is 2.14 bits per heavy atom. The Kier molecular flexibility index (Phi) is 1.88. The summed E-state index contributed by atoms with van der Waals surface area (Å²) in [4.78, 5) is 2.30. The van der Waals surface area contributed by atoms with Gasteiger partial charge in [-0.25, -0.2) is 3.11 Å². The minimum atomic E-state index is 1.13. The van der Waals surface area contributed by atoms with Crippen molar-refractivity contribution in [3.8, 4) is 0 Å². The molecule has 3 heteroatoms. The SMILES string of the molecule is CN1CCN(I)C1. The fraction of sp³-hybridized carbons (Fsp3) is 1.00. The Hall–Kier alpha value is 0.650. The molecule has 1 aliphatic rings. The Morgan fingerprint density at radius 1 is 1.43 bits per heavy atom. The molecule has 0 bridgehead atoms. The van der Waals surface area contributed by atoms with Gasteiger partial charge >= 0.3 is 0 Å². The molecule has 0 spiro atoms. The van der Waals surface area contributed by atoms with Crippen LogP contribution in [0.1, 0.15) is 0 Å². The van der Waals surface area contributed by atoms with Crippen LogP contribution >= 0.6 is 22.9 Å². The van der Waals surface area contributed by atoms with E-state index in [0.717, 1.165) is 6.67 Å². The second kappa shape index (κ2) is 2.28. The van der Waals surface area contributed by atoms with Gasteiger partial charge in [0.25, 0.3) is 0 Å². The zero-order chi connectivity index (χ0) is 5.28. The first-order valence-corrected chi connectivity index (χ1v) is 3.35. The Morgan fingerprint density at radius 3 is 2.29 bits per heavy atom. The molecule has 7 heavy (non-hydrogen) atoms. The minimum absolute atomic E-state index is 1.13. The van der Waals surface area contributed by atoms with Gasteiger partial charge < -0.3 is 0 Å². The number of halogens is 1. The summed E-state index contributed by atoms with van der Waals surface area (Å²) in [6.07, 6.45) is 0. The highest BCUT2D eigenvalue weighted by Crippen LogP contribution is 2.05. The van der Waals surface area contributed by atoms with Crippen LogP contribution < -0.4 is 0 Å². The third-order valence-electron chi connectivity index (χ3n) is 1.12. The van der Waals surface area contributed by atoms with Crippen LogP contribution in [0, 0.1) is 0 Å². The Balaban J connectivity index is 2.26. The molecule has 0 saturated carbocycles. The van der Waals surface area contributed by atoms with Crippen molar-refractivity contribution in [3.63, 3.8) is 0 Å². The third kappa shape index (κ3) is 1.54. The smallest absolute Gasteiger partial charge is 0.0597 e. The predicted molar refractivity (Wildman–Crippen MR) is 38.2 cm³/mol. The highest BCUT2D eigenvalue weighted by Gasteiger charge is 2.11. The quantitative estimate of drug-likeness (QED) is 0.427. The van der Waals surface area contributed by atoms with Crippen LogP contribution in [0.2, 0.25) is 0 Å². The van der Waals surface area contributed by atoms with Crippen LogP contribution in [0.15, 0.2) is 0 Å². The van der Waals surface area contributed by atoms with E-state index < -0.39 is 0 Å². The van der Waals surface area contributed by atoms with Crippen LogP contribution in [-0.4, -0.2) is 34.8 Å². The van der Waals surface area contributed by atoms with Crippen molar-refractivity contribution in [2.75, 3.05) is 26.8 Å². The van der Waals surface area contributed by atoms with Crippen molar-refractivity contribution < 1.29 is 0 Å². The van der Waals surface area contributed by atoms with E-state index in [4.69, 9.17) is 0 Å². The minimum Gasteiger partial charge on any atom is -0.292 e. The van der Waals surface area contributed by atoms with Gasteiger partial charge in [0.05, 0.1) is 6.67 Å². The molecule has 1 aliphatic heterocycles. The first-order chi connectivity index (χ1) is 3.29. The second-order valence-corrected chi connectivity index (χ2v) is 3.27. The largest absolute Gasteiger partial charge is 0.292 e. The molecule has 1 fully saturated rings. The summed E-state index contributed by atoms with van der Waals surface area (Å²) in [6, 6.07) is 0. The standard InChI is InChI=1S/C4H9IN2/c1-6-2-3-7(5)4-6/h2-4H2,1H3.